The quantitative estimate of drug-likeness (QED) is 0.790. The third-order valence-corrected chi connectivity index (χ3v) is 4.22. The van der Waals surface area contributed by atoms with Crippen LogP contribution in [0.2, 0.25) is 0 Å². The number of nitrogens with zero attached hydrogens (tertiary/aromatic N) is 3. The molecule has 0 saturated heterocycles. The van der Waals surface area contributed by atoms with Gasteiger partial charge in [0, 0.05) is 29.8 Å². The summed E-state index contributed by atoms with van der Waals surface area (Å²) < 4.78 is 7.47. The number of nitrogens with one attached hydrogen (secondary N) is 1. The molecule has 1 amide bonds. The minimum absolute atomic E-state index is 0.269. The number of rotatable bonds is 2. The predicted octanol–water partition coefficient (Wildman–Crippen LogP) is 2.69. The van der Waals surface area contributed by atoms with E-state index in [9.17, 15) is 4.79 Å². The lowest BCUT2D eigenvalue weighted by Gasteiger charge is -2.18. The Balaban J connectivity index is 1.77. The van der Waals surface area contributed by atoms with Crippen molar-refractivity contribution >= 4 is 22.4 Å². The number of anilines is 1. The van der Waals surface area contributed by atoms with Gasteiger partial charge in [0.1, 0.15) is 12.4 Å². The van der Waals surface area contributed by atoms with Gasteiger partial charge < -0.3 is 4.74 Å². The second kappa shape index (κ2) is 4.96. The number of thiazole rings is 1. The standard InChI is InChI=1S/C15H12N4O2S/c1-19-13-9-4-2-3-5-11(9)21-8-10(13)12(18-19)14(20)17-15-16-6-7-22-15/h2-7H,8H2,1H3,(H,16,17,20). The van der Waals surface area contributed by atoms with Gasteiger partial charge in [-0.15, -0.1) is 11.3 Å². The monoisotopic (exact) mass is 312 g/mol. The Morgan fingerprint density at radius 3 is 3.09 bits per heavy atom. The first kappa shape index (κ1) is 13.0. The molecule has 6 nitrogen and oxygen atoms in total. The number of amides is 1. The Morgan fingerprint density at radius 2 is 2.27 bits per heavy atom. The Kier molecular flexibility index (Phi) is 2.93. The van der Waals surface area contributed by atoms with Crippen LogP contribution in [0.25, 0.3) is 11.3 Å². The maximum absolute atomic E-state index is 12.4. The van der Waals surface area contributed by atoms with Crippen LogP contribution in [0.3, 0.4) is 0 Å². The molecule has 0 atom stereocenters. The van der Waals surface area contributed by atoms with Crippen LogP contribution >= 0.6 is 11.3 Å². The van der Waals surface area contributed by atoms with E-state index >= 15 is 0 Å². The average Bonchev–Trinajstić information content (AvgIpc) is 3.15. The predicted molar refractivity (Wildman–Crippen MR) is 83.0 cm³/mol. The van der Waals surface area contributed by atoms with Crippen LogP contribution in [-0.4, -0.2) is 20.7 Å². The zero-order valence-electron chi connectivity index (χ0n) is 11.7. The van der Waals surface area contributed by atoms with E-state index in [0.29, 0.717) is 17.4 Å². The van der Waals surface area contributed by atoms with Gasteiger partial charge in [-0.05, 0) is 12.1 Å². The van der Waals surface area contributed by atoms with E-state index < -0.39 is 0 Å². The third kappa shape index (κ3) is 1.98. The van der Waals surface area contributed by atoms with E-state index in [1.165, 1.54) is 11.3 Å². The second-order valence-corrected chi connectivity index (χ2v) is 5.77. The van der Waals surface area contributed by atoms with E-state index in [0.717, 1.165) is 22.6 Å². The average molecular weight is 312 g/mol. The van der Waals surface area contributed by atoms with Crippen molar-refractivity contribution in [1.29, 1.82) is 0 Å². The van der Waals surface area contributed by atoms with Gasteiger partial charge in [-0.25, -0.2) is 4.98 Å². The van der Waals surface area contributed by atoms with Crippen molar-refractivity contribution in [2.24, 2.45) is 7.05 Å². The Hall–Kier alpha value is -2.67. The summed E-state index contributed by atoms with van der Waals surface area (Å²) in [7, 11) is 1.83. The van der Waals surface area contributed by atoms with E-state index in [-0.39, 0.29) is 5.91 Å². The highest BCUT2D eigenvalue weighted by atomic mass is 32.1. The summed E-state index contributed by atoms with van der Waals surface area (Å²) in [5, 5.41) is 9.50. The fourth-order valence-corrected chi connectivity index (χ4v) is 3.13. The summed E-state index contributed by atoms with van der Waals surface area (Å²) in [4.78, 5) is 16.5. The molecule has 110 valence electrons. The van der Waals surface area contributed by atoms with Gasteiger partial charge in [0.15, 0.2) is 10.8 Å². The highest BCUT2D eigenvalue weighted by Gasteiger charge is 2.28. The molecule has 1 aromatic carbocycles. The maximum atomic E-state index is 12.4. The highest BCUT2D eigenvalue weighted by molar-refractivity contribution is 7.13. The van der Waals surface area contributed by atoms with Crippen molar-refractivity contribution in [1.82, 2.24) is 14.8 Å². The first-order valence-corrected chi connectivity index (χ1v) is 7.61. The zero-order chi connectivity index (χ0) is 15.1. The van der Waals surface area contributed by atoms with Gasteiger partial charge in [-0.2, -0.15) is 5.10 Å². The molecule has 0 aliphatic carbocycles. The summed E-state index contributed by atoms with van der Waals surface area (Å²) in [6.07, 6.45) is 1.65. The molecule has 22 heavy (non-hydrogen) atoms. The molecule has 0 radical (unpaired) electrons. The molecule has 3 aromatic rings. The van der Waals surface area contributed by atoms with Crippen molar-refractivity contribution in [3.8, 4) is 17.0 Å². The molecule has 1 aliphatic rings. The second-order valence-electron chi connectivity index (χ2n) is 4.88. The maximum Gasteiger partial charge on any atom is 0.278 e. The van der Waals surface area contributed by atoms with Gasteiger partial charge in [0.05, 0.1) is 5.69 Å². The van der Waals surface area contributed by atoms with Crippen molar-refractivity contribution in [2.45, 2.75) is 6.61 Å². The molecule has 0 bridgehead atoms. The van der Waals surface area contributed by atoms with Gasteiger partial charge in [0.25, 0.3) is 5.91 Å². The zero-order valence-corrected chi connectivity index (χ0v) is 12.6. The van der Waals surface area contributed by atoms with Gasteiger partial charge in [-0.3, -0.25) is 14.8 Å². The lowest BCUT2D eigenvalue weighted by Crippen LogP contribution is -2.16. The molecule has 7 heteroatoms. The number of aryl methyl sites for hydroxylation is 1. The molecular weight excluding hydrogens is 300 g/mol. The number of benzene rings is 1. The fourth-order valence-electron chi connectivity index (χ4n) is 2.60. The summed E-state index contributed by atoms with van der Waals surface area (Å²) in [6, 6.07) is 7.76. The first-order valence-electron chi connectivity index (χ1n) is 6.73. The number of aromatic nitrogens is 3. The van der Waals surface area contributed by atoms with E-state index in [1.54, 1.807) is 10.9 Å². The Bertz CT molecular complexity index is 855. The van der Waals surface area contributed by atoms with Crippen molar-refractivity contribution in [3.63, 3.8) is 0 Å². The number of carbonyl (C=O) groups excluding carboxylic acids is 1. The van der Waals surface area contributed by atoms with Crippen LogP contribution in [0.4, 0.5) is 5.13 Å². The van der Waals surface area contributed by atoms with Crippen molar-refractivity contribution in [2.75, 3.05) is 5.32 Å². The summed E-state index contributed by atoms with van der Waals surface area (Å²) >= 11 is 1.37. The number of fused-ring (bicyclic) bond motifs is 3. The number of ether oxygens (including phenoxy) is 1. The molecule has 0 unspecified atom stereocenters. The van der Waals surface area contributed by atoms with Crippen molar-refractivity contribution in [3.05, 3.63) is 47.1 Å². The largest absolute Gasteiger partial charge is 0.488 e. The third-order valence-electron chi connectivity index (χ3n) is 3.53. The fraction of sp³-hybridized carbons (Fsp3) is 0.133. The topological polar surface area (TPSA) is 69.0 Å². The Morgan fingerprint density at radius 1 is 1.41 bits per heavy atom. The lowest BCUT2D eigenvalue weighted by molar-refractivity contribution is 0.101. The summed E-state index contributed by atoms with van der Waals surface area (Å²) in [6.45, 7) is 0.334. The minimum Gasteiger partial charge on any atom is -0.488 e. The number of hydrogen-bond donors (Lipinski definition) is 1. The first-order chi connectivity index (χ1) is 10.7. The van der Waals surface area contributed by atoms with E-state index in [4.69, 9.17) is 4.74 Å². The van der Waals surface area contributed by atoms with Gasteiger partial charge in [-0.1, -0.05) is 12.1 Å². The number of carbonyl (C=O) groups is 1. The summed E-state index contributed by atoms with van der Waals surface area (Å²) in [5.74, 6) is 0.541. The molecule has 2 aromatic heterocycles. The van der Waals surface area contributed by atoms with E-state index in [1.807, 2.05) is 36.7 Å². The summed E-state index contributed by atoms with van der Waals surface area (Å²) in [5.41, 5.74) is 3.05. The van der Waals surface area contributed by atoms with Crippen molar-refractivity contribution < 1.29 is 9.53 Å². The molecule has 0 saturated carbocycles. The number of para-hydroxylation sites is 1. The van der Waals surface area contributed by atoms with Crippen LogP contribution in [0.15, 0.2) is 35.8 Å². The van der Waals surface area contributed by atoms with Gasteiger partial charge in [0.2, 0.25) is 0 Å². The minimum atomic E-state index is -0.269. The SMILES string of the molecule is Cn1nc(C(=O)Nc2nccs2)c2c1-c1ccccc1OC2. The molecule has 0 spiro atoms. The molecule has 0 fully saturated rings. The molecular formula is C15H12N4O2S. The normalized spacial score (nSPS) is 12.2. The number of hydrogen-bond acceptors (Lipinski definition) is 5. The molecule has 1 N–H and O–H groups in total. The highest BCUT2D eigenvalue weighted by Crippen LogP contribution is 2.38. The van der Waals surface area contributed by atoms with Crippen LogP contribution in [0.5, 0.6) is 5.75 Å². The molecule has 1 aliphatic heterocycles. The van der Waals surface area contributed by atoms with Crippen LogP contribution in [-0.2, 0) is 13.7 Å². The van der Waals surface area contributed by atoms with Gasteiger partial charge >= 0.3 is 0 Å². The van der Waals surface area contributed by atoms with E-state index in [2.05, 4.69) is 15.4 Å². The van der Waals surface area contributed by atoms with Crippen LogP contribution < -0.4 is 10.1 Å². The Labute approximate surface area is 130 Å². The lowest BCUT2D eigenvalue weighted by atomic mass is 10.0. The smallest absolute Gasteiger partial charge is 0.278 e. The van der Waals surface area contributed by atoms with Crippen LogP contribution in [0, 0.1) is 0 Å². The molecule has 4 rings (SSSR count). The molecule has 3 heterocycles. The van der Waals surface area contributed by atoms with Crippen LogP contribution in [0.1, 0.15) is 16.1 Å².